The number of epoxide rings is 1. The number of ether oxygens (including phenoxy) is 1. The van der Waals surface area contributed by atoms with Gasteiger partial charge in [-0.15, -0.1) is 0 Å². The first-order valence-electron chi connectivity index (χ1n) is 4.42. The second kappa shape index (κ2) is 2.78. The van der Waals surface area contributed by atoms with Crippen molar-refractivity contribution in [3.05, 3.63) is 11.6 Å². The topological polar surface area (TPSA) is 73.2 Å². The summed E-state index contributed by atoms with van der Waals surface area (Å²) < 4.78 is 5.30. The maximum atomic E-state index is 9.68. The fourth-order valence-corrected chi connectivity index (χ4v) is 2.26. The predicted molar refractivity (Wildman–Crippen MR) is 45.0 cm³/mol. The number of rotatable bonds is 2. The van der Waals surface area contributed by atoms with Crippen LogP contribution in [0.2, 0.25) is 0 Å². The zero-order valence-electron chi connectivity index (χ0n) is 7.47. The van der Waals surface area contributed by atoms with E-state index in [1.165, 1.54) is 0 Å². The lowest BCUT2D eigenvalue weighted by molar-refractivity contribution is 0.109. The summed E-state index contributed by atoms with van der Waals surface area (Å²) in [5.74, 6) is -0.167. The first-order valence-corrected chi connectivity index (χ1v) is 4.42. The maximum Gasteiger partial charge on any atom is 0.117 e. The molecule has 1 saturated heterocycles. The van der Waals surface area contributed by atoms with Gasteiger partial charge in [-0.3, -0.25) is 0 Å². The minimum atomic E-state index is -0.658. The molecule has 2 rings (SSSR count). The summed E-state index contributed by atoms with van der Waals surface area (Å²) in [6.07, 6.45) is 0.712. The normalized spacial score (nSPS) is 51.1. The third-order valence-electron chi connectivity index (χ3n) is 3.12. The average Bonchev–Trinajstić information content (AvgIpc) is 2.72. The van der Waals surface area contributed by atoms with Gasteiger partial charge in [-0.25, -0.2) is 0 Å². The Labute approximate surface area is 76.5 Å². The smallest absolute Gasteiger partial charge is 0.117 e. The summed E-state index contributed by atoms with van der Waals surface area (Å²) in [5.41, 5.74) is 0.304. The molecule has 4 atom stereocenters. The first-order chi connectivity index (χ1) is 6.15. The van der Waals surface area contributed by atoms with E-state index in [2.05, 4.69) is 0 Å². The lowest BCUT2D eigenvalue weighted by Crippen LogP contribution is -2.23. The highest BCUT2D eigenvalue weighted by atomic mass is 16.6. The molecule has 3 N–H and O–H groups in total. The molecule has 4 nitrogen and oxygen atoms in total. The van der Waals surface area contributed by atoms with E-state index in [4.69, 9.17) is 14.9 Å². The lowest BCUT2D eigenvalue weighted by Gasteiger charge is -2.18. The Hall–Kier alpha value is -0.420. The molecule has 1 aliphatic carbocycles. The molecule has 0 unspecified atom stereocenters. The Morgan fingerprint density at radius 2 is 2.23 bits per heavy atom. The van der Waals surface area contributed by atoms with Gasteiger partial charge >= 0.3 is 0 Å². The summed E-state index contributed by atoms with van der Waals surface area (Å²) in [6.45, 7) is 1.72. The van der Waals surface area contributed by atoms with E-state index >= 15 is 0 Å². The van der Waals surface area contributed by atoms with Crippen LogP contribution in [0.1, 0.15) is 6.92 Å². The number of hydrogen-bond acceptors (Lipinski definition) is 4. The van der Waals surface area contributed by atoms with Crippen LogP contribution in [0.25, 0.3) is 0 Å². The molecule has 0 aromatic rings. The van der Waals surface area contributed by atoms with Gasteiger partial charge in [-0.1, -0.05) is 6.08 Å². The molecule has 1 heterocycles. The molecular formula is C9H14O4. The largest absolute Gasteiger partial charge is 0.396 e. The molecule has 1 saturated carbocycles. The van der Waals surface area contributed by atoms with Crippen molar-refractivity contribution in [3.8, 4) is 0 Å². The standard InChI is InChI=1S/C9H14O4/c1-9-6(4-11)5(2-3-10)7(12)8(9)13-9/h2,6-8,10-12H,3-4H2,1H3/b5-2-/t6-,7-,8-,9+/m0/s1. The quantitative estimate of drug-likeness (QED) is 0.384. The van der Waals surface area contributed by atoms with E-state index < -0.39 is 11.7 Å². The van der Waals surface area contributed by atoms with E-state index in [0.717, 1.165) is 0 Å². The summed E-state index contributed by atoms with van der Waals surface area (Å²) in [5, 5.41) is 27.5. The van der Waals surface area contributed by atoms with Gasteiger partial charge in [0, 0.05) is 5.92 Å². The third-order valence-corrected chi connectivity index (χ3v) is 3.12. The summed E-state index contributed by atoms with van der Waals surface area (Å²) in [4.78, 5) is 0. The van der Waals surface area contributed by atoms with Gasteiger partial charge < -0.3 is 20.1 Å². The van der Waals surface area contributed by atoms with Crippen LogP contribution in [-0.4, -0.2) is 46.3 Å². The minimum absolute atomic E-state index is 0.0457. The fraction of sp³-hybridized carbons (Fsp3) is 0.778. The maximum absolute atomic E-state index is 9.68. The van der Waals surface area contributed by atoms with Gasteiger partial charge in [-0.05, 0) is 12.5 Å². The van der Waals surface area contributed by atoms with Crippen LogP contribution in [0.15, 0.2) is 11.6 Å². The van der Waals surface area contributed by atoms with E-state index in [1.54, 1.807) is 6.08 Å². The van der Waals surface area contributed by atoms with Crippen LogP contribution < -0.4 is 0 Å². The van der Waals surface area contributed by atoms with Crippen LogP contribution in [0.5, 0.6) is 0 Å². The van der Waals surface area contributed by atoms with Crippen molar-refractivity contribution in [2.24, 2.45) is 5.92 Å². The average molecular weight is 186 g/mol. The van der Waals surface area contributed by atoms with Crippen LogP contribution in [0, 0.1) is 5.92 Å². The van der Waals surface area contributed by atoms with Gasteiger partial charge in [0.2, 0.25) is 0 Å². The monoisotopic (exact) mass is 186 g/mol. The van der Waals surface area contributed by atoms with Crippen LogP contribution >= 0.6 is 0 Å². The second-order valence-corrected chi connectivity index (χ2v) is 3.79. The molecule has 0 amide bonds. The summed E-state index contributed by atoms with van der Waals surface area (Å²) >= 11 is 0. The van der Waals surface area contributed by atoms with Crippen molar-refractivity contribution in [3.63, 3.8) is 0 Å². The van der Waals surface area contributed by atoms with Gasteiger partial charge in [-0.2, -0.15) is 0 Å². The van der Waals surface area contributed by atoms with Crippen molar-refractivity contribution in [2.45, 2.75) is 24.7 Å². The van der Waals surface area contributed by atoms with E-state index in [-0.39, 0.29) is 25.2 Å². The molecule has 13 heavy (non-hydrogen) atoms. The Kier molecular flexibility index (Phi) is 1.96. The van der Waals surface area contributed by atoms with E-state index in [0.29, 0.717) is 5.57 Å². The number of hydrogen-bond donors (Lipinski definition) is 3. The zero-order chi connectivity index (χ0) is 9.64. The molecule has 0 aromatic heterocycles. The van der Waals surface area contributed by atoms with Gasteiger partial charge in [0.1, 0.15) is 17.8 Å². The molecule has 4 heteroatoms. The third kappa shape index (κ3) is 1.07. The van der Waals surface area contributed by atoms with Crippen LogP contribution in [0.4, 0.5) is 0 Å². The zero-order valence-corrected chi connectivity index (χ0v) is 7.47. The van der Waals surface area contributed by atoms with Gasteiger partial charge in [0.05, 0.1) is 13.2 Å². The Morgan fingerprint density at radius 1 is 1.54 bits per heavy atom. The Balaban J connectivity index is 2.25. The van der Waals surface area contributed by atoms with Crippen molar-refractivity contribution in [1.82, 2.24) is 0 Å². The molecule has 0 spiro atoms. The van der Waals surface area contributed by atoms with E-state index in [9.17, 15) is 5.11 Å². The van der Waals surface area contributed by atoms with E-state index in [1.807, 2.05) is 6.92 Å². The molecular weight excluding hydrogens is 172 g/mol. The molecule has 2 aliphatic rings. The highest BCUT2D eigenvalue weighted by Gasteiger charge is 2.68. The highest BCUT2D eigenvalue weighted by Crippen LogP contribution is 2.55. The fourth-order valence-electron chi connectivity index (χ4n) is 2.26. The molecule has 1 aliphatic heterocycles. The molecule has 0 aromatic carbocycles. The van der Waals surface area contributed by atoms with Gasteiger partial charge in [0.25, 0.3) is 0 Å². The molecule has 0 radical (unpaired) electrons. The van der Waals surface area contributed by atoms with Gasteiger partial charge in [0.15, 0.2) is 0 Å². The number of aliphatic hydroxyl groups excluding tert-OH is 3. The van der Waals surface area contributed by atoms with Crippen LogP contribution in [-0.2, 0) is 4.74 Å². The second-order valence-electron chi connectivity index (χ2n) is 3.79. The number of fused-ring (bicyclic) bond motifs is 1. The van der Waals surface area contributed by atoms with Crippen molar-refractivity contribution < 1.29 is 20.1 Å². The van der Waals surface area contributed by atoms with Crippen molar-refractivity contribution in [2.75, 3.05) is 13.2 Å². The Bertz CT molecular complexity index is 250. The number of aliphatic hydroxyl groups is 3. The SMILES string of the molecule is C[C@]12O[C@H]1[C@@H](O)/C(=C\CO)[C@@H]2CO. The molecule has 0 bridgehead atoms. The molecule has 2 fully saturated rings. The first kappa shape index (κ1) is 9.15. The predicted octanol–water partition coefficient (Wildman–Crippen LogP) is -0.954. The molecule has 74 valence electrons. The lowest BCUT2D eigenvalue weighted by atomic mass is 9.94. The highest BCUT2D eigenvalue weighted by molar-refractivity contribution is 5.34. The summed E-state index contributed by atoms with van der Waals surface area (Å²) in [7, 11) is 0. The minimum Gasteiger partial charge on any atom is -0.396 e. The Morgan fingerprint density at radius 3 is 2.77 bits per heavy atom. The van der Waals surface area contributed by atoms with Crippen molar-refractivity contribution in [1.29, 1.82) is 0 Å². The van der Waals surface area contributed by atoms with Crippen molar-refractivity contribution >= 4 is 0 Å². The van der Waals surface area contributed by atoms with Crippen LogP contribution in [0.3, 0.4) is 0 Å². The summed E-state index contributed by atoms with van der Waals surface area (Å²) in [6, 6.07) is 0.